The Balaban J connectivity index is 1.85. The number of benzene rings is 2. The van der Waals surface area contributed by atoms with E-state index in [9.17, 15) is 9.59 Å². The predicted octanol–water partition coefficient (Wildman–Crippen LogP) is 5.50. The second-order valence-corrected chi connectivity index (χ2v) is 9.22. The Morgan fingerprint density at radius 3 is 2.54 bits per heavy atom. The number of hydrogen-bond acceptors (Lipinski definition) is 3. The van der Waals surface area contributed by atoms with Crippen molar-refractivity contribution < 1.29 is 9.59 Å². The molecule has 28 heavy (non-hydrogen) atoms. The molecule has 1 heterocycles. The minimum Gasteiger partial charge on any atom is -0.326 e. The number of thioether (sulfide) groups is 1. The molecule has 148 valence electrons. The summed E-state index contributed by atoms with van der Waals surface area (Å²) in [7, 11) is 0. The Bertz CT molecular complexity index is 856. The largest absolute Gasteiger partial charge is 0.326 e. The van der Waals surface area contributed by atoms with Crippen LogP contribution in [0, 0.1) is 0 Å². The summed E-state index contributed by atoms with van der Waals surface area (Å²) in [4.78, 5) is 26.4. The predicted molar refractivity (Wildman–Crippen MR) is 118 cm³/mol. The van der Waals surface area contributed by atoms with E-state index < -0.39 is 0 Å². The molecule has 0 unspecified atom stereocenters. The van der Waals surface area contributed by atoms with Crippen LogP contribution in [0.25, 0.3) is 0 Å². The molecule has 1 aliphatic heterocycles. The van der Waals surface area contributed by atoms with Crippen LogP contribution in [0.4, 0.5) is 11.4 Å². The van der Waals surface area contributed by atoms with Crippen molar-refractivity contribution in [3.8, 4) is 0 Å². The molecule has 2 aromatic rings. The summed E-state index contributed by atoms with van der Waals surface area (Å²) >= 11 is 1.62. The van der Waals surface area contributed by atoms with Crippen molar-refractivity contribution in [2.75, 3.05) is 16.0 Å². The summed E-state index contributed by atoms with van der Waals surface area (Å²) in [6, 6.07) is 16.1. The highest BCUT2D eigenvalue weighted by molar-refractivity contribution is 8.00. The van der Waals surface area contributed by atoms with Gasteiger partial charge in [-0.15, -0.1) is 11.8 Å². The number of amides is 2. The first kappa shape index (κ1) is 20.5. The Morgan fingerprint density at radius 1 is 1.18 bits per heavy atom. The Kier molecular flexibility index (Phi) is 6.14. The summed E-state index contributed by atoms with van der Waals surface area (Å²) in [5.41, 5.74) is 4.03. The van der Waals surface area contributed by atoms with Crippen LogP contribution in [0.5, 0.6) is 0 Å². The first-order valence-electron chi connectivity index (χ1n) is 9.73. The third-order valence-electron chi connectivity index (χ3n) is 4.81. The molecule has 0 aliphatic carbocycles. The van der Waals surface area contributed by atoms with Gasteiger partial charge in [-0.3, -0.25) is 14.5 Å². The van der Waals surface area contributed by atoms with Crippen molar-refractivity contribution in [3.63, 3.8) is 0 Å². The van der Waals surface area contributed by atoms with Gasteiger partial charge in [-0.25, -0.2) is 0 Å². The molecular formula is C23H28N2O2S. The van der Waals surface area contributed by atoms with Gasteiger partial charge in [0.25, 0.3) is 0 Å². The number of hydrogen-bond donors (Lipinski definition) is 1. The van der Waals surface area contributed by atoms with Crippen molar-refractivity contribution in [2.45, 2.75) is 51.3 Å². The molecule has 1 atom stereocenters. The van der Waals surface area contributed by atoms with Gasteiger partial charge in [-0.05, 0) is 47.2 Å². The lowest BCUT2D eigenvalue weighted by atomic mass is 9.87. The lowest BCUT2D eigenvalue weighted by molar-refractivity contribution is -0.116. The minimum atomic E-state index is -0.0870. The van der Waals surface area contributed by atoms with Gasteiger partial charge >= 0.3 is 0 Å². The van der Waals surface area contributed by atoms with Crippen molar-refractivity contribution in [2.24, 2.45) is 0 Å². The quantitative estimate of drug-likeness (QED) is 0.726. The summed E-state index contributed by atoms with van der Waals surface area (Å²) in [5, 5.41) is 2.86. The first-order valence-corrected chi connectivity index (χ1v) is 10.8. The summed E-state index contributed by atoms with van der Waals surface area (Å²) in [6.07, 6.45) is 1.32. The molecule has 0 saturated carbocycles. The van der Waals surface area contributed by atoms with E-state index in [1.54, 1.807) is 11.8 Å². The zero-order chi connectivity index (χ0) is 20.3. The molecule has 4 nitrogen and oxygen atoms in total. The van der Waals surface area contributed by atoms with Crippen molar-refractivity contribution in [3.05, 3.63) is 59.7 Å². The topological polar surface area (TPSA) is 49.4 Å². The van der Waals surface area contributed by atoms with E-state index in [1.165, 1.54) is 5.56 Å². The lowest BCUT2D eigenvalue weighted by Crippen LogP contribution is -2.28. The summed E-state index contributed by atoms with van der Waals surface area (Å²) in [6.45, 7) is 8.53. The fourth-order valence-corrected chi connectivity index (χ4v) is 4.46. The van der Waals surface area contributed by atoms with Crippen molar-refractivity contribution in [1.82, 2.24) is 0 Å². The van der Waals surface area contributed by atoms with Crippen molar-refractivity contribution in [1.29, 1.82) is 0 Å². The highest BCUT2D eigenvalue weighted by Crippen LogP contribution is 2.42. The third-order valence-corrected chi connectivity index (χ3v) is 6.02. The molecule has 2 amide bonds. The molecule has 1 N–H and O–H groups in total. The van der Waals surface area contributed by atoms with Crippen LogP contribution in [-0.2, 0) is 15.0 Å². The van der Waals surface area contributed by atoms with Crippen LogP contribution < -0.4 is 10.2 Å². The Morgan fingerprint density at radius 2 is 1.89 bits per heavy atom. The molecular weight excluding hydrogens is 368 g/mol. The van der Waals surface area contributed by atoms with E-state index in [0.29, 0.717) is 12.2 Å². The van der Waals surface area contributed by atoms with Crippen LogP contribution in [0.2, 0.25) is 0 Å². The smallest absolute Gasteiger partial charge is 0.238 e. The average Bonchev–Trinajstić information content (AvgIpc) is 3.03. The zero-order valence-corrected chi connectivity index (χ0v) is 17.8. The van der Waals surface area contributed by atoms with E-state index in [4.69, 9.17) is 0 Å². The second-order valence-electron chi connectivity index (χ2n) is 8.15. The summed E-state index contributed by atoms with van der Waals surface area (Å²) in [5.74, 6) is 0.585. The monoisotopic (exact) mass is 396 g/mol. The maximum atomic E-state index is 12.6. The van der Waals surface area contributed by atoms with Gasteiger partial charge in [-0.1, -0.05) is 52.0 Å². The van der Waals surface area contributed by atoms with E-state index in [-0.39, 0.29) is 22.6 Å². The number of nitrogens with one attached hydrogen (secondary N) is 1. The average molecular weight is 397 g/mol. The van der Waals surface area contributed by atoms with Gasteiger partial charge in [0.15, 0.2) is 0 Å². The van der Waals surface area contributed by atoms with Gasteiger partial charge in [0, 0.05) is 17.8 Å². The number of carbonyl (C=O) groups excluding carboxylic acids is 2. The van der Waals surface area contributed by atoms with Gasteiger partial charge in [0.2, 0.25) is 11.8 Å². The molecule has 2 aromatic carbocycles. The molecule has 1 saturated heterocycles. The fraction of sp³-hybridized carbons (Fsp3) is 0.391. The van der Waals surface area contributed by atoms with Crippen LogP contribution in [-0.4, -0.2) is 17.6 Å². The van der Waals surface area contributed by atoms with E-state index in [2.05, 4.69) is 38.2 Å². The fourth-order valence-electron chi connectivity index (χ4n) is 3.29. The number of anilines is 2. The highest BCUT2D eigenvalue weighted by Gasteiger charge is 2.34. The molecule has 0 spiro atoms. The number of nitrogens with zero attached hydrogens (tertiary/aromatic N) is 1. The minimum absolute atomic E-state index is 0.0180. The Labute approximate surface area is 171 Å². The maximum Gasteiger partial charge on any atom is 0.238 e. The SMILES string of the molecule is CCCC(=O)Nc1cccc([C@@H]2SCC(=O)N2c2ccc(C(C)(C)C)cc2)c1. The van der Waals surface area contributed by atoms with E-state index >= 15 is 0 Å². The van der Waals surface area contributed by atoms with Crippen molar-refractivity contribution >= 4 is 35.0 Å². The first-order chi connectivity index (χ1) is 13.3. The molecule has 0 bridgehead atoms. The summed E-state index contributed by atoms with van der Waals surface area (Å²) < 4.78 is 0. The van der Waals surface area contributed by atoms with Gasteiger partial charge in [-0.2, -0.15) is 0 Å². The van der Waals surface area contributed by atoms with Gasteiger partial charge < -0.3 is 5.32 Å². The molecule has 0 aromatic heterocycles. The molecule has 1 aliphatic rings. The number of carbonyl (C=O) groups is 2. The van der Waals surface area contributed by atoms with Gasteiger partial charge in [0.05, 0.1) is 5.75 Å². The highest BCUT2D eigenvalue weighted by atomic mass is 32.2. The third kappa shape index (κ3) is 4.58. The molecule has 5 heteroatoms. The zero-order valence-electron chi connectivity index (χ0n) is 17.0. The maximum absolute atomic E-state index is 12.6. The standard InChI is InChI=1S/C23H28N2O2S/c1-5-7-20(26)24-18-9-6-8-16(14-18)22-25(21(27)15-28-22)19-12-10-17(11-13-19)23(2,3)4/h6,8-14,22H,5,7,15H2,1-4H3,(H,24,26)/t22-/m0/s1. The van der Waals surface area contributed by atoms with Gasteiger partial charge in [0.1, 0.15) is 5.37 Å². The normalized spacial score (nSPS) is 17.1. The molecule has 3 rings (SSSR count). The van der Waals surface area contributed by atoms with Crippen LogP contribution in [0.1, 0.15) is 57.0 Å². The number of rotatable bonds is 5. The lowest BCUT2D eigenvalue weighted by Gasteiger charge is -2.26. The van der Waals surface area contributed by atoms with Crippen LogP contribution in [0.3, 0.4) is 0 Å². The van der Waals surface area contributed by atoms with Crippen LogP contribution >= 0.6 is 11.8 Å². The van der Waals surface area contributed by atoms with E-state index in [0.717, 1.165) is 23.4 Å². The second kappa shape index (κ2) is 8.39. The molecule has 0 radical (unpaired) electrons. The molecule has 1 fully saturated rings. The Hall–Kier alpha value is -2.27. The van der Waals surface area contributed by atoms with Crippen LogP contribution in [0.15, 0.2) is 48.5 Å². The van der Waals surface area contributed by atoms with E-state index in [1.807, 2.05) is 48.2 Å².